The Labute approximate surface area is 106 Å². The maximum atomic E-state index is 11.5. The molecule has 0 saturated carbocycles. The highest BCUT2D eigenvalue weighted by Gasteiger charge is 2.15. The van der Waals surface area contributed by atoms with Gasteiger partial charge in [-0.25, -0.2) is 0 Å². The zero-order valence-corrected chi connectivity index (χ0v) is 10.8. The van der Waals surface area contributed by atoms with Gasteiger partial charge in [0.05, 0.1) is 11.7 Å². The van der Waals surface area contributed by atoms with Crippen LogP contribution in [0.15, 0.2) is 18.3 Å². The molecule has 1 aromatic rings. The van der Waals surface area contributed by atoms with Crippen molar-refractivity contribution in [3.8, 4) is 0 Å². The highest BCUT2D eigenvalue weighted by Crippen LogP contribution is 2.19. The predicted octanol–water partition coefficient (Wildman–Crippen LogP) is 2.34. The molecule has 0 aromatic carbocycles. The van der Waals surface area contributed by atoms with Crippen molar-refractivity contribution in [3.05, 3.63) is 29.0 Å². The monoisotopic (exact) mass is 256 g/mol. The minimum absolute atomic E-state index is 0.0563. The van der Waals surface area contributed by atoms with E-state index in [1.54, 1.807) is 18.3 Å². The fourth-order valence-corrected chi connectivity index (χ4v) is 1.73. The smallest absolute Gasteiger partial charge is 0.246 e. The summed E-state index contributed by atoms with van der Waals surface area (Å²) < 4.78 is 4.78. The number of pyridine rings is 1. The number of amides is 1. The third kappa shape index (κ3) is 4.71. The highest BCUT2D eigenvalue weighted by molar-refractivity contribution is 6.30. The van der Waals surface area contributed by atoms with Crippen molar-refractivity contribution in [2.75, 3.05) is 13.7 Å². The Morgan fingerprint density at radius 3 is 3.00 bits per heavy atom. The fourth-order valence-electron chi connectivity index (χ4n) is 1.56. The van der Waals surface area contributed by atoms with Gasteiger partial charge in [-0.2, -0.15) is 0 Å². The average Bonchev–Trinajstić information content (AvgIpc) is 2.29. The molecule has 0 aliphatic heterocycles. The molecule has 0 fully saturated rings. The number of rotatable bonds is 6. The molecular formula is C12H17ClN2O2. The third-order valence-electron chi connectivity index (χ3n) is 2.29. The second-order valence-electron chi connectivity index (χ2n) is 3.74. The van der Waals surface area contributed by atoms with Gasteiger partial charge >= 0.3 is 0 Å². The first-order valence-corrected chi connectivity index (χ1v) is 5.95. The van der Waals surface area contributed by atoms with Crippen molar-refractivity contribution < 1.29 is 9.53 Å². The molecule has 0 unspecified atom stereocenters. The molecule has 5 heteroatoms. The van der Waals surface area contributed by atoms with Gasteiger partial charge in [0, 0.05) is 18.3 Å². The minimum Gasteiger partial charge on any atom is -0.375 e. The van der Waals surface area contributed by atoms with Crippen LogP contribution < -0.4 is 5.32 Å². The van der Waals surface area contributed by atoms with Crippen molar-refractivity contribution in [1.82, 2.24) is 10.3 Å². The molecule has 94 valence electrons. The van der Waals surface area contributed by atoms with Gasteiger partial charge in [-0.1, -0.05) is 24.9 Å². The normalized spacial score (nSPS) is 12.2. The zero-order chi connectivity index (χ0) is 12.7. The maximum absolute atomic E-state index is 11.5. The minimum atomic E-state index is -0.146. The van der Waals surface area contributed by atoms with Crippen molar-refractivity contribution in [2.24, 2.45) is 0 Å². The number of hydrogen-bond acceptors (Lipinski definition) is 3. The Morgan fingerprint density at radius 2 is 2.41 bits per heavy atom. The molecule has 1 rings (SSSR count). The topological polar surface area (TPSA) is 51.2 Å². The van der Waals surface area contributed by atoms with Crippen LogP contribution in [0.2, 0.25) is 5.02 Å². The van der Waals surface area contributed by atoms with Gasteiger partial charge in [0.15, 0.2) is 0 Å². The summed E-state index contributed by atoms with van der Waals surface area (Å²) in [6, 6.07) is 3.38. The molecule has 1 amide bonds. The number of ether oxygens (including phenoxy) is 1. The lowest BCUT2D eigenvalue weighted by Gasteiger charge is -2.17. The van der Waals surface area contributed by atoms with Crippen LogP contribution >= 0.6 is 11.6 Å². The Balaban J connectivity index is 2.74. The van der Waals surface area contributed by atoms with Crippen LogP contribution in [-0.2, 0) is 9.53 Å². The summed E-state index contributed by atoms with van der Waals surface area (Å²) in [5.41, 5.74) is 0.781. The molecule has 1 atom stereocenters. The number of nitrogens with one attached hydrogen (secondary N) is 1. The van der Waals surface area contributed by atoms with E-state index in [9.17, 15) is 4.79 Å². The van der Waals surface area contributed by atoms with E-state index >= 15 is 0 Å². The van der Waals surface area contributed by atoms with E-state index in [0.717, 1.165) is 18.5 Å². The fraction of sp³-hybridized carbons (Fsp3) is 0.500. The summed E-state index contributed by atoms with van der Waals surface area (Å²) in [4.78, 5) is 15.7. The van der Waals surface area contributed by atoms with Crippen LogP contribution in [0, 0.1) is 0 Å². The summed E-state index contributed by atoms with van der Waals surface area (Å²) >= 11 is 5.91. The molecule has 0 saturated heterocycles. The first-order valence-electron chi connectivity index (χ1n) is 5.57. The van der Waals surface area contributed by atoms with Gasteiger partial charge in [-0.05, 0) is 18.6 Å². The summed E-state index contributed by atoms with van der Waals surface area (Å²) in [5, 5.41) is 3.50. The number of methoxy groups -OCH3 is 1. The van der Waals surface area contributed by atoms with Crippen LogP contribution in [0.4, 0.5) is 0 Å². The first-order chi connectivity index (χ1) is 8.17. The van der Waals surface area contributed by atoms with Crippen LogP contribution in [0.3, 0.4) is 0 Å². The Hall–Kier alpha value is -1.13. The van der Waals surface area contributed by atoms with Crippen LogP contribution in [0.25, 0.3) is 0 Å². The van der Waals surface area contributed by atoms with Gasteiger partial charge in [0.25, 0.3) is 0 Å². The molecule has 1 N–H and O–H groups in total. The second-order valence-corrected chi connectivity index (χ2v) is 4.18. The maximum Gasteiger partial charge on any atom is 0.246 e. The van der Waals surface area contributed by atoms with E-state index in [2.05, 4.69) is 17.2 Å². The predicted molar refractivity (Wildman–Crippen MR) is 66.9 cm³/mol. The van der Waals surface area contributed by atoms with Gasteiger partial charge in [-0.3, -0.25) is 9.78 Å². The van der Waals surface area contributed by atoms with Crippen molar-refractivity contribution in [1.29, 1.82) is 0 Å². The Morgan fingerprint density at radius 1 is 1.65 bits per heavy atom. The molecular weight excluding hydrogens is 240 g/mol. The van der Waals surface area contributed by atoms with Crippen molar-refractivity contribution >= 4 is 17.5 Å². The summed E-state index contributed by atoms with van der Waals surface area (Å²) in [5.74, 6) is -0.146. The van der Waals surface area contributed by atoms with E-state index in [4.69, 9.17) is 16.3 Å². The van der Waals surface area contributed by atoms with E-state index in [-0.39, 0.29) is 18.6 Å². The molecule has 1 heterocycles. The van der Waals surface area contributed by atoms with E-state index in [1.807, 2.05) is 0 Å². The quantitative estimate of drug-likeness (QED) is 0.850. The first kappa shape index (κ1) is 13.9. The lowest BCUT2D eigenvalue weighted by Crippen LogP contribution is -2.31. The third-order valence-corrected chi connectivity index (χ3v) is 2.52. The molecule has 0 aliphatic carbocycles. The van der Waals surface area contributed by atoms with Crippen molar-refractivity contribution in [2.45, 2.75) is 25.8 Å². The van der Waals surface area contributed by atoms with E-state index in [1.165, 1.54) is 7.11 Å². The largest absolute Gasteiger partial charge is 0.375 e. The van der Waals surface area contributed by atoms with Gasteiger partial charge in [0.1, 0.15) is 6.61 Å². The number of aromatic nitrogens is 1. The molecule has 0 spiro atoms. The molecule has 0 aliphatic rings. The molecule has 1 aromatic heterocycles. The number of carbonyl (C=O) groups excluding carboxylic acids is 1. The van der Waals surface area contributed by atoms with Crippen LogP contribution in [-0.4, -0.2) is 24.6 Å². The van der Waals surface area contributed by atoms with Gasteiger partial charge < -0.3 is 10.1 Å². The molecule has 0 radical (unpaired) electrons. The number of halogens is 1. The van der Waals surface area contributed by atoms with Crippen molar-refractivity contribution in [3.63, 3.8) is 0 Å². The zero-order valence-electron chi connectivity index (χ0n) is 10.1. The SMILES string of the molecule is CCC[C@@H](NC(=O)COC)c1cc(Cl)ccn1. The van der Waals surface area contributed by atoms with Gasteiger partial charge in [-0.15, -0.1) is 0 Å². The van der Waals surface area contributed by atoms with Crippen LogP contribution in [0.5, 0.6) is 0 Å². The van der Waals surface area contributed by atoms with E-state index in [0.29, 0.717) is 5.02 Å². The van der Waals surface area contributed by atoms with E-state index < -0.39 is 0 Å². The lowest BCUT2D eigenvalue weighted by molar-refractivity contribution is -0.125. The van der Waals surface area contributed by atoms with Gasteiger partial charge in [0.2, 0.25) is 5.91 Å². The Kier molecular flexibility index (Phi) is 5.94. The summed E-state index contributed by atoms with van der Waals surface area (Å²) in [7, 11) is 1.49. The summed E-state index contributed by atoms with van der Waals surface area (Å²) in [6.45, 7) is 2.11. The molecule has 0 bridgehead atoms. The van der Waals surface area contributed by atoms with Crippen LogP contribution in [0.1, 0.15) is 31.5 Å². The lowest BCUT2D eigenvalue weighted by atomic mass is 10.1. The molecule has 4 nitrogen and oxygen atoms in total. The highest BCUT2D eigenvalue weighted by atomic mass is 35.5. The number of hydrogen-bond donors (Lipinski definition) is 1. The Bertz CT molecular complexity index is 371. The average molecular weight is 257 g/mol. The number of nitrogens with zero attached hydrogens (tertiary/aromatic N) is 1. The second kappa shape index (κ2) is 7.25. The number of carbonyl (C=O) groups is 1. The standard InChI is InChI=1S/C12H17ClN2O2/c1-3-4-10(15-12(16)8-17-2)11-7-9(13)5-6-14-11/h5-7,10H,3-4,8H2,1-2H3,(H,15,16)/t10-/m1/s1. The summed E-state index contributed by atoms with van der Waals surface area (Å²) in [6.07, 6.45) is 3.41. The molecule has 17 heavy (non-hydrogen) atoms.